The maximum Gasteiger partial charge on any atom is 0.433 e. The Morgan fingerprint density at radius 2 is 1.67 bits per heavy atom. The molecule has 0 bridgehead atoms. The quantitative estimate of drug-likeness (QED) is 0.234. The summed E-state index contributed by atoms with van der Waals surface area (Å²) in [7, 11) is 0. The molecular weight excluding hydrogens is 608 g/mol. The number of aryl methyl sites for hydroxylation is 1. The van der Waals surface area contributed by atoms with Gasteiger partial charge in [-0.05, 0) is 82.6 Å². The molecule has 2 aliphatic rings. The highest BCUT2D eigenvalue weighted by molar-refractivity contribution is 6.39. The topological polar surface area (TPSA) is 105 Å². The van der Waals surface area contributed by atoms with E-state index < -0.39 is 53.1 Å². The fourth-order valence-electron chi connectivity index (χ4n) is 6.22. The van der Waals surface area contributed by atoms with Gasteiger partial charge in [-0.2, -0.15) is 18.3 Å². The lowest BCUT2D eigenvalue weighted by atomic mass is 9.73. The van der Waals surface area contributed by atoms with Crippen LogP contribution in [0.4, 0.5) is 13.2 Å². The summed E-state index contributed by atoms with van der Waals surface area (Å²) in [5, 5.41) is 13.5. The van der Waals surface area contributed by atoms with E-state index in [1.54, 1.807) is 13.8 Å². The number of aliphatic carboxylic acids is 1. The lowest BCUT2D eigenvalue weighted by molar-refractivity contribution is -0.152. The molecule has 0 aromatic carbocycles. The molecule has 2 saturated carbocycles. The Balaban J connectivity index is 1.67. The Morgan fingerprint density at radius 3 is 2.21 bits per heavy atom. The van der Waals surface area contributed by atoms with E-state index in [0.717, 1.165) is 41.5 Å². The average molecular weight is 646 g/mol. The van der Waals surface area contributed by atoms with Gasteiger partial charge in [0, 0.05) is 12.2 Å². The lowest BCUT2D eigenvalue weighted by Crippen LogP contribution is -2.41. The number of ketones is 1. The van der Waals surface area contributed by atoms with E-state index in [2.05, 4.69) is 23.9 Å². The zero-order valence-corrected chi connectivity index (χ0v) is 26.2. The molecule has 13 heteroatoms. The minimum Gasteiger partial charge on any atom is -0.481 e. The zero-order valence-electron chi connectivity index (χ0n) is 24.7. The number of aromatic nitrogens is 3. The van der Waals surface area contributed by atoms with Crippen LogP contribution in [-0.4, -0.2) is 55.5 Å². The summed E-state index contributed by atoms with van der Waals surface area (Å²) < 4.78 is 44.6. The number of carbonyl (C=O) groups excluding carboxylic acids is 2. The molecule has 236 valence electrons. The van der Waals surface area contributed by atoms with Gasteiger partial charge in [-0.15, -0.1) is 0 Å². The van der Waals surface area contributed by atoms with Crippen molar-refractivity contribution in [3.8, 4) is 0 Å². The molecule has 0 atom stereocenters. The first-order valence-corrected chi connectivity index (χ1v) is 15.2. The van der Waals surface area contributed by atoms with Gasteiger partial charge in [0.05, 0.1) is 40.3 Å². The zero-order chi connectivity index (χ0) is 31.9. The summed E-state index contributed by atoms with van der Waals surface area (Å²) in [5.41, 5.74) is -2.36. The van der Waals surface area contributed by atoms with Crippen LogP contribution in [0.1, 0.15) is 110 Å². The second-order valence-electron chi connectivity index (χ2n) is 13.1. The number of rotatable bonds is 8. The summed E-state index contributed by atoms with van der Waals surface area (Å²) in [4.78, 5) is 44.3. The molecule has 0 saturated heterocycles. The molecule has 2 heterocycles. The van der Waals surface area contributed by atoms with Gasteiger partial charge < -0.3 is 10.0 Å². The highest BCUT2D eigenvalue weighted by Crippen LogP contribution is 2.44. The standard InChI is InChI=1S/C30H37Cl2F3N4O4/c1-17-13-21(31)23(25(32)37-17)22(40)16-38(15-18-5-9-28(2,3)10-6-18)26(41)20-14-36-39(24(20)30(33,34)35)19-7-11-29(4,12-8-19)27(42)43/h13-14,18-19H,5-12,15-16H2,1-4H3,(H,42,43)/t19-,29-. The molecular formula is C30H37Cl2F3N4O4. The van der Waals surface area contributed by atoms with Crippen molar-refractivity contribution >= 4 is 40.9 Å². The van der Waals surface area contributed by atoms with Gasteiger partial charge in [0.25, 0.3) is 5.91 Å². The number of carbonyl (C=O) groups is 3. The summed E-state index contributed by atoms with van der Waals surface area (Å²) in [6, 6.07) is 0.735. The van der Waals surface area contributed by atoms with Crippen LogP contribution in [0, 0.1) is 23.7 Å². The molecule has 1 N–H and O–H groups in total. The van der Waals surface area contributed by atoms with Gasteiger partial charge in [0.2, 0.25) is 0 Å². The predicted octanol–water partition coefficient (Wildman–Crippen LogP) is 7.66. The number of Topliss-reactive ketones (excluding diaryl/α,β-unsaturated/α-hetero) is 1. The molecule has 8 nitrogen and oxygen atoms in total. The molecule has 2 aliphatic carbocycles. The Labute approximate surface area is 258 Å². The van der Waals surface area contributed by atoms with E-state index in [0.29, 0.717) is 5.69 Å². The third kappa shape index (κ3) is 7.36. The Bertz CT molecular complexity index is 1370. The van der Waals surface area contributed by atoms with E-state index in [-0.39, 0.29) is 59.3 Å². The fraction of sp³-hybridized carbons (Fsp3) is 0.633. The number of pyridine rings is 1. The molecule has 0 unspecified atom stereocenters. The molecule has 2 fully saturated rings. The van der Waals surface area contributed by atoms with E-state index in [1.807, 2.05) is 0 Å². The molecule has 0 spiro atoms. The smallest absolute Gasteiger partial charge is 0.433 e. The van der Waals surface area contributed by atoms with Gasteiger partial charge in [0.15, 0.2) is 11.5 Å². The number of hydrogen-bond donors (Lipinski definition) is 1. The minimum atomic E-state index is -4.92. The number of nitrogens with zero attached hydrogens (tertiary/aromatic N) is 4. The van der Waals surface area contributed by atoms with Gasteiger partial charge in [-0.1, -0.05) is 37.0 Å². The molecule has 0 radical (unpaired) electrons. The van der Waals surface area contributed by atoms with Gasteiger partial charge >= 0.3 is 12.1 Å². The van der Waals surface area contributed by atoms with Gasteiger partial charge in [-0.25, -0.2) is 4.98 Å². The number of hydrogen-bond acceptors (Lipinski definition) is 5. The lowest BCUT2D eigenvalue weighted by Gasteiger charge is -2.36. The third-order valence-corrected chi connectivity index (χ3v) is 9.68. The highest BCUT2D eigenvalue weighted by Gasteiger charge is 2.45. The summed E-state index contributed by atoms with van der Waals surface area (Å²) in [6.45, 7) is 7.08. The van der Waals surface area contributed by atoms with E-state index in [1.165, 1.54) is 6.07 Å². The van der Waals surface area contributed by atoms with Crippen molar-refractivity contribution in [2.75, 3.05) is 13.1 Å². The first kappa shape index (κ1) is 33.2. The Kier molecular flexibility index (Phi) is 9.57. The van der Waals surface area contributed by atoms with Crippen molar-refractivity contribution in [1.82, 2.24) is 19.7 Å². The Hall–Kier alpha value is -2.66. The van der Waals surface area contributed by atoms with Crippen LogP contribution in [0.25, 0.3) is 0 Å². The normalized spacial score (nSPS) is 22.8. The molecule has 2 aromatic rings. The average Bonchev–Trinajstić information content (AvgIpc) is 3.35. The molecule has 4 rings (SSSR count). The summed E-state index contributed by atoms with van der Waals surface area (Å²) in [6.07, 6.45) is -0.0414. The van der Waals surface area contributed by atoms with E-state index >= 15 is 0 Å². The van der Waals surface area contributed by atoms with Crippen LogP contribution in [0.15, 0.2) is 12.3 Å². The maximum absolute atomic E-state index is 14.6. The van der Waals surface area contributed by atoms with E-state index in [4.69, 9.17) is 23.2 Å². The van der Waals surface area contributed by atoms with Crippen LogP contribution >= 0.6 is 23.2 Å². The number of alkyl halides is 3. The van der Waals surface area contributed by atoms with Gasteiger partial charge in [0.1, 0.15) is 5.15 Å². The number of carboxylic acids is 1. The van der Waals surface area contributed by atoms with Crippen LogP contribution in [0.5, 0.6) is 0 Å². The van der Waals surface area contributed by atoms with Crippen LogP contribution in [0.2, 0.25) is 10.2 Å². The van der Waals surface area contributed by atoms with Crippen molar-refractivity contribution in [1.29, 1.82) is 0 Å². The fourth-order valence-corrected chi connectivity index (χ4v) is 6.96. The molecule has 43 heavy (non-hydrogen) atoms. The minimum absolute atomic E-state index is 0.0108. The first-order chi connectivity index (χ1) is 19.9. The van der Waals surface area contributed by atoms with Crippen molar-refractivity contribution in [2.45, 2.75) is 91.3 Å². The number of carboxylic acid groups (broad SMARTS) is 1. The Morgan fingerprint density at radius 1 is 1.07 bits per heavy atom. The first-order valence-electron chi connectivity index (χ1n) is 14.4. The van der Waals surface area contributed by atoms with Gasteiger partial charge in [-0.3, -0.25) is 19.1 Å². The van der Waals surface area contributed by atoms with Crippen molar-refractivity contribution in [2.24, 2.45) is 16.7 Å². The van der Waals surface area contributed by atoms with E-state index in [9.17, 15) is 32.7 Å². The van der Waals surface area contributed by atoms with Crippen molar-refractivity contribution in [3.05, 3.63) is 45.0 Å². The predicted molar refractivity (Wildman–Crippen MR) is 155 cm³/mol. The third-order valence-electron chi connectivity index (χ3n) is 9.11. The molecule has 0 aliphatic heterocycles. The molecule has 2 aromatic heterocycles. The summed E-state index contributed by atoms with van der Waals surface area (Å²) >= 11 is 12.5. The second kappa shape index (κ2) is 12.4. The van der Waals surface area contributed by atoms with Crippen LogP contribution < -0.4 is 0 Å². The van der Waals surface area contributed by atoms with Crippen LogP contribution in [-0.2, 0) is 11.0 Å². The van der Waals surface area contributed by atoms with Crippen molar-refractivity contribution in [3.63, 3.8) is 0 Å². The SMILES string of the molecule is Cc1cc(Cl)c(C(=O)CN(CC2CCC(C)(C)CC2)C(=O)c2cnn([C@H]3CC[C@](C)(C(=O)O)CC3)c2C(F)(F)F)c(Cl)n1. The highest BCUT2D eigenvalue weighted by atomic mass is 35.5. The second-order valence-corrected chi connectivity index (χ2v) is 13.8. The molecule has 1 amide bonds. The maximum atomic E-state index is 14.6. The van der Waals surface area contributed by atoms with Crippen LogP contribution in [0.3, 0.4) is 0 Å². The summed E-state index contributed by atoms with van der Waals surface area (Å²) in [5.74, 6) is -2.60. The number of amides is 1. The van der Waals surface area contributed by atoms with Crippen molar-refractivity contribution < 1.29 is 32.7 Å². The monoisotopic (exact) mass is 644 g/mol. The largest absolute Gasteiger partial charge is 0.481 e. The number of halogens is 5.